The SMILES string of the molecule is Cl.O=C(NC1CCCNC1)c1ccc(Cl)cc1F. The van der Waals surface area contributed by atoms with Crippen molar-refractivity contribution < 1.29 is 9.18 Å². The van der Waals surface area contributed by atoms with Crippen LogP contribution in [0.3, 0.4) is 0 Å². The summed E-state index contributed by atoms with van der Waals surface area (Å²) in [4.78, 5) is 11.8. The van der Waals surface area contributed by atoms with E-state index in [1.54, 1.807) is 0 Å². The first-order valence-corrected chi connectivity index (χ1v) is 6.01. The summed E-state index contributed by atoms with van der Waals surface area (Å²) in [6.45, 7) is 1.71. The van der Waals surface area contributed by atoms with Crippen LogP contribution in [0.1, 0.15) is 23.2 Å². The van der Waals surface area contributed by atoms with E-state index in [4.69, 9.17) is 11.6 Å². The minimum absolute atomic E-state index is 0. The number of halogens is 3. The van der Waals surface area contributed by atoms with E-state index >= 15 is 0 Å². The molecule has 1 atom stereocenters. The Morgan fingerprint density at radius 2 is 2.28 bits per heavy atom. The predicted molar refractivity (Wildman–Crippen MR) is 72.0 cm³/mol. The monoisotopic (exact) mass is 292 g/mol. The standard InChI is InChI=1S/C12H14ClFN2O.ClH/c13-8-3-4-10(11(14)6-8)12(17)16-9-2-1-5-15-7-9;/h3-4,6,9,15H,1-2,5,7H2,(H,16,17);1H. The first-order chi connectivity index (χ1) is 8.16. The topological polar surface area (TPSA) is 41.1 Å². The van der Waals surface area contributed by atoms with Crippen LogP contribution in [0.25, 0.3) is 0 Å². The van der Waals surface area contributed by atoms with Gasteiger partial charge in [0.15, 0.2) is 0 Å². The van der Waals surface area contributed by atoms with Gasteiger partial charge in [-0.15, -0.1) is 12.4 Å². The highest BCUT2D eigenvalue weighted by atomic mass is 35.5. The van der Waals surface area contributed by atoms with Crippen LogP contribution in [0.5, 0.6) is 0 Å². The molecule has 100 valence electrons. The first-order valence-electron chi connectivity index (χ1n) is 5.63. The number of hydrogen-bond acceptors (Lipinski definition) is 2. The van der Waals surface area contributed by atoms with Gasteiger partial charge < -0.3 is 10.6 Å². The highest BCUT2D eigenvalue weighted by Crippen LogP contribution is 2.15. The van der Waals surface area contributed by atoms with E-state index in [-0.39, 0.29) is 29.9 Å². The zero-order chi connectivity index (χ0) is 12.3. The predicted octanol–water partition coefficient (Wildman–Crippen LogP) is 2.38. The van der Waals surface area contributed by atoms with Gasteiger partial charge >= 0.3 is 0 Å². The average molecular weight is 293 g/mol. The van der Waals surface area contributed by atoms with Gasteiger partial charge in [0, 0.05) is 17.6 Å². The van der Waals surface area contributed by atoms with E-state index in [2.05, 4.69) is 10.6 Å². The van der Waals surface area contributed by atoms with E-state index in [9.17, 15) is 9.18 Å². The summed E-state index contributed by atoms with van der Waals surface area (Å²) in [6, 6.07) is 4.14. The van der Waals surface area contributed by atoms with Crippen molar-refractivity contribution in [2.75, 3.05) is 13.1 Å². The van der Waals surface area contributed by atoms with Gasteiger partial charge in [0.25, 0.3) is 5.91 Å². The number of benzene rings is 1. The summed E-state index contributed by atoms with van der Waals surface area (Å²) >= 11 is 5.63. The number of piperidine rings is 1. The second-order valence-electron chi connectivity index (χ2n) is 4.14. The molecule has 18 heavy (non-hydrogen) atoms. The molecule has 1 aromatic carbocycles. The summed E-state index contributed by atoms with van der Waals surface area (Å²) in [6.07, 6.45) is 1.95. The van der Waals surface area contributed by atoms with Crippen LogP contribution >= 0.6 is 24.0 Å². The Morgan fingerprint density at radius 1 is 1.50 bits per heavy atom. The van der Waals surface area contributed by atoms with Gasteiger partial charge in [-0.25, -0.2) is 4.39 Å². The molecule has 6 heteroatoms. The largest absolute Gasteiger partial charge is 0.348 e. The van der Waals surface area contributed by atoms with E-state index in [1.807, 2.05) is 0 Å². The fourth-order valence-electron chi connectivity index (χ4n) is 1.91. The summed E-state index contributed by atoms with van der Waals surface area (Å²) in [7, 11) is 0. The lowest BCUT2D eigenvalue weighted by Crippen LogP contribution is -2.45. The number of nitrogens with one attached hydrogen (secondary N) is 2. The third-order valence-corrected chi connectivity index (χ3v) is 3.04. The first kappa shape index (κ1) is 15.2. The van der Waals surface area contributed by atoms with Crippen molar-refractivity contribution in [2.45, 2.75) is 18.9 Å². The number of rotatable bonds is 2. The number of carbonyl (C=O) groups excluding carboxylic acids is 1. The van der Waals surface area contributed by atoms with Crippen molar-refractivity contribution in [3.8, 4) is 0 Å². The van der Waals surface area contributed by atoms with Gasteiger partial charge in [0.2, 0.25) is 0 Å². The van der Waals surface area contributed by atoms with E-state index in [1.165, 1.54) is 12.1 Å². The molecule has 0 saturated carbocycles. The third kappa shape index (κ3) is 3.83. The zero-order valence-electron chi connectivity index (χ0n) is 9.71. The molecule has 0 aliphatic carbocycles. The molecule has 2 rings (SSSR count). The maximum atomic E-state index is 13.5. The fourth-order valence-corrected chi connectivity index (χ4v) is 2.07. The molecular formula is C12H15Cl2FN2O. The molecule has 3 nitrogen and oxygen atoms in total. The number of amides is 1. The van der Waals surface area contributed by atoms with Gasteiger partial charge in [-0.2, -0.15) is 0 Å². The Bertz CT molecular complexity index is 423. The lowest BCUT2D eigenvalue weighted by Gasteiger charge is -2.23. The summed E-state index contributed by atoms with van der Waals surface area (Å²) in [5.74, 6) is -0.966. The van der Waals surface area contributed by atoms with E-state index < -0.39 is 5.82 Å². The van der Waals surface area contributed by atoms with Crippen molar-refractivity contribution in [3.05, 3.63) is 34.6 Å². The minimum Gasteiger partial charge on any atom is -0.348 e. The molecule has 0 radical (unpaired) electrons. The summed E-state index contributed by atoms with van der Waals surface area (Å²) in [5, 5.41) is 6.29. The molecule has 0 spiro atoms. The quantitative estimate of drug-likeness (QED) is 0.879. The van der Waals surface area contributed by atoms with Crippen LogP contribution in [-0.2, 0) is 0 Å². The second-order valence-corrected chi connectivity index (χ2v) is 4.58. The van der Waals surface area contributed by atoms with Gasteiger partial charge in [-0.3, -0.25) is 4.79 Å². The van der Waals surface area contributed by atoms with Crippen LogP contribution in [0, 0.1) is 5.82 Å². The Hall–Kier alpha value is -0.840. The van der Waals surface area contributed by atoms with Crippen molar-refractivity contribution in [1.82, 2.24) is 10.6 Å². The fraction of sp³-hybridized carbons (Fsp3) is 0.417. The molecule has 1 unspecified atom stereocenters. The van der Waals surface area contributed by atoms with Gasteiger partial charge in [-0.05, 0) is 37.6 Å². The normalized spacial score (nSPS) is 18.9. The molecular weight excluding hydrogens is 278 g/mol. The number of carbonyl (C=O) groups is 1. The molecule has 1 saturated heterocycles. The highest BCUT2D eigenvalue weighted by Gasteiger charge is 2.18. The molecule has 1 amide bonds. The number of hydrogen-bond donors (Lipinski definition) is 2. The van der Waals surface area contributed by atoms with Crippen LogP contribution in [0.2, 0.25) is 5.02 Å². The second kappa shape index (κ2) is 6.92. The van der Waals surface area contributed by atoms with Gasteiger partial charge in [0.05, 0.1) is 5.56 Å². The van der Waals surface area contributed by atoms with Gasteiger partial charge in [0.1, 0.15) is 5.82 Å². The van der Waals surface area contributed by atoms with Crippen LogP contribution in [0.15, 0.2) is 18.2 Å². The maximum Gasteiger partial charge on any atom is 0.254 e. The minimum atomic E-state index is -0.584. The zero-order valence-corrected chi connectivity index (χ0v) is 11.3. The van der Waals surface area contributed by atoms with Crippen molar-refractivity contribution in [1.29, 1.82) is 0 Å². The highest BCUT2D eigenvalue weighted by molar-refractivity contribution is 6.30. The Balaban J connectivity index is 0.00000162. The van der Waals surface area contributed by atoms with Crippen molar-refractivity contribution >= 4 is 29.9 Å². The Morgan fingerprint density at radius 3 is 2.89 bits per heavy atom. The molecule has 1 heterocycles. The molecule has 1 aliphatic heterocycles. The lowest BCUT2D eigenvalue weighted by atomic mass is 10.1. The average Bonchev–Trinajstić information content (AvgIpc) is 2.30. The molecule has 2 N–H and O–H groups in total. The third-order valence-electron chi connectivity index (χ3n) is 2.81. The maximum absolute atomic E-state index is 13.5. The summed E-state index contributed by atoms with van der Waals surface area (Å²) < 4.78 is 13.5. The lowest BCUT2D eigenvalue weighted by molar-refractivity contribution is 0.0926. The van der Waals surface area contributed by atoms with Crippen molar-refractivity contribution in [2.24, 2.45) is 0 Å². The molecule has 0 aromatic heterocycles. The van der Waals surface area contributed by atoms with Crippen LogP contribution < -0.4 is 10.6 Å². The molecule has 1 fully saturated rings. The van der Waals surface area contributed by atoms with Crippen molar-refractivity contribution in [3.63, 3.8) is 0 Å². The molecule has 1 aliphatic rings. The molecule has 1 aromatic rings. The molecule has 0 bridgehead atoms. The van der Waals surface area contributed by atoms with E-state index in [0.29, 0.717) is 5.02 Å². The van der Waals surface area contributed by atoms with Crippen LogP contribution in [0.4, 0.5) is 4.39 Å². The van der Waals surface area contributed by atoms with Gasteiger partial charge in [-0.1, -0.05) is 11.6 Å². The smallest absolute Gasteiger partial charge is 0.254 e. The summed E-state index contributed by atoms with van der Waals surface area (Å²) in [5.41, 5.74) is 0.0416. The van der Waals surface area contributed by atoms with E-state index in [0.717, 1.165) is 32.0 Å². The van der Waals surface area contributed by atoms with Crippen LogP contribution in [-0.4, -0.2) is 25.0 Å². The Labute approximate surface area is 116 Å². The Kier molecular flexibility index (Phi) is 5.85.